The molecule has 2 aliphatic carbocycles. The molecule has 2 aromatic carbocycles. The largest absolute Gasteiger partial charge is 0.497 e. The highest BCUT2D eigenvalue weighted by Crippen LogP contribution is 2.66. The minimum atomic E-state index is -3.96. The van der Waals surface area contributed by atoms with E-state index < -0.39 is 21.5 Å². The van der Waals surface area contributed by atoms with Crippen LogP contribution in [0.15, 0.2) is 36.4 Å². The van der Waals surface area contributed by atoms with Crippen LogP contribution in [0.2, 0.25) is 0 Å². The van der Waals surface area contributed by atoms with Gasteiger partial charge in [-0.15, -0.1) is 0 Å². The number of benzene rings is 2. The second kappa shape index (κ2) is 10.6. The lowest BCUT2D eigenvalue weighted by atomic mass is 9.81. The first-order valence-electron chi connectivity index (χ1n) is 16.6. The van der Waals surface area contributed by atoms with Crippen molar-refractivity contribution in [3.8, 4) is 17.0 Å². The summed E-state index contributed by atoms with van der Waals surface area (Å²) in [6, 6.07) is 12.7. The quantitative estimate of drug-likeness (QED) is 0.429. The standard InChI is InChI=1S/C35H43N5O5S/c1-37(2)46(43,44)36-33(41)22-10-12-27-30(14-22)40-20-35(34(42)39-18-23-15-24(19-39)38(23)3)17-29(35)28-16-25(45-4)11-13-26(28)32(40)31(27)21-8-6-5-7-9-21/h10-14,16,21,23-24,29H,5-9,15,17-20H2,1-4H3,(H,36,41)/t23?,24?,29-,35-/m0/s1. The monoisotopic (exact) mass is 645 g/mol. The average molecular weight is 646 g/mol. The number of amides is 2. The van der Waals surface area contributed by atoms with Gasteiger partial charge in [0.05, 0.1) is 18.2 Å². The van der Waals surface area contributed by atoms with Crippen LogP contribution in [0, 0.1) is 5.41 Å². The second-order valence-electron chi connectivity index (χ2n) is 14.4. The second-order valence-corrected chi connectivity index (χ2v) is 16.3. The van der Waals surface area contributed by atoms with Gasteiger partial charge in [-0.05, 0) is 80.1 Å². The maximum atomic E-state index is 14.7. The number of nitrogens with one attached hydrogen (secondary N) is 1. The lowest BCUT2D eigenvalue weighted by molar-refractivity contribution is -0.148. The summed E-state index contributed by atoms with van der Waals surface area (Å²) < 4.78 is 36.3. The third-order valence-electron chi connectivity index (χ3n) is 11.8. The van der Waals surface area contributed by atoms with Gasteiger partial charge in [-0.2, -0.15) is 12.7 Å². The van der Waals surface area contributed by atoms with Gasteiger partial charge in [0.2, 0.25) is 5.91 Å². The molecule has 1 aromatic heterocycles. The number of aromatic nitrogens is 1. The van der Waals surface area contributed by atoms with Crippen molar-refractivity contribution < 1.29 is 22.7 Å². The summed E-state index contributed by atoms with van der Waals surface area (Å²) in [7, 11) is 2.67. The van der Waals surface area contributed by atoms with Crippen molar-refractivity contribution in [1.82, 2.24) is 23.4 Å². The van der Waals surface area contributed by atoms with Gasteiger partial charge in [-0.3, -0.25) is 14.5 Å². The predicted molar refractivity (Wildman–Crippen MR) is 176 cm³/mol. The van der Waals surface area contributed by atoms with Crippen molar-refractivity contribution >= 4 is 32.9 Å². The Morgan fingerprint density at radius 1 is 1.02 bits per heavy atom. The van der Waals surface area contributed by atoms with Gasteiger partial charge in [-0.1, -0.05) is 25.3 Å². The number of methoxy groups -OCH3 is 1. The van der Waals surface area contributed by atoms with E-state index in [0.29, 0.717) is 24.5 Å². The van der Waals surface area contributed by atoms with Crippen LogP contribution >= 0.6 is 0 Å². The van der Waals surface area contributed by atoms with Gasteiger partial charge in [0.15, 0.2) is 0 Å². The van der Waals surface area contributed by atoms with Gasteiger partial charge < -0.3 is 14.2 Å². The van der Waals surface area contributed by atoms with Crippen LogP contribution in [0.3, 0.4) is 0 Å². The summed E-state index contributed by atoms with van der Waals surface area (Å²) in [4.78, 5) is 32.5. The minimum absolute atomic E-state index is 0.0759. The number of hydrogen-bond acceptors (Lipinski definition) is 6. The Bertz CT molecular complexity index is 1870. The Kier molecular flexibility index (Phi) is 6.87. The number of piperazine rings is 1. The zero-order chi connectivity index (χ0) is 32.1. The summed E-state index contributed by atoms with van der Waals surface area (Å²) in [6.45, 7) is 2.06. The van der Waals surface area contributed by atoms with E-state index in [1.54, 1.807) is 13.2 Å². The highest BCUT2D eigenvalue weighted by atomic mass is 32.2. The molecule has 11 heteroatoms. The molecule has 46 heavy (non-hydrogen) atoms. The van der Waals surface area contributed by atoms with E-state index in [4.69, 9.17) is 4.74 Å². The first-order valence-corrected chi connectivity index (χ1v) is 18.1. The van der Waals surface area contributed by atoms with Crippen LogP contribution in [-0.2, 0) is 21.5 Å². The molecule has 9 rings (SSSR count). The van der Waals surface area contributed by atoms with E-state index in [2.05, 4.69) is 38.3 Å². The summed E-state index contributed by atoms with van der Waals surface area (Å²) in [5.74, 6) is 0.788. The van der Waals surface area contributed by atoms with Crippen LogP contribution in [-0.4, -0.2) is 92.3 Å². The average Bonchev–Trinajstić information content (AvgIpc) is 3.73. The van der Waals surface area contributed by atoms with Gasteiger partial charge >= 0.3 is 10.2 Å². The first kappa shape index (κ1) is 30.0. The SMILES string of the molecule is COc1ccc2c(c1)[C@@H]1C[C@]1(C(=O)N1CC3CC(C1)N3C)Cn1c-2c(C2CCCCC2)c2ccc(C(=O)NS(=O)(=O)N(C)C)cc21. The fourth-order valence-electron chi connectivity index (χ4n) is 8.97. The molecule has 244 valence electrons. The molecule has 10 nitrogen and oxygen atoms in total. The van der Waals surface area contributed by atoms with E-state index in [1.165, 1.54) is 44.5 Å². The van der Waals surface area contributed by atoms with Crippen LogP contribution in [0.25, 0.3) is 22.2 Å². The number of piperidine rings is 1. The molecule has 3 saturated heterocycles. The third kappa shape index (κ3) is 4.45. The Hall–Kier alpha value is -3.41. The van der Waals surface area contributed by atoms with E-state index in [0.717, 1.165) is 71.0 Å². The molecule has 2 bridgehead atoms. The summed E-state index contributed by atoms with van der Waals surface area (Å²) in [6.07, 6.45) is 7.69. The molecule has 0 spiro atoms. The van der Waals surface area contributed by atoms with Crippen molar-refractivity contribution in [2.45, 2.75) is 75.4 Å². The molecule has 4 atom stereocenters. The van der Waals surface area contributed by atoms with Crippen LogP contribution < -0.4 is 9.46 Å². The summed E-state index contributed by atoms with van der Waals surface area (Å²) in [5, 5.41) is 1.08. The zero-order valence-corrected chi connectivity index (χ0v) is 27.9. The van der Waals surface area contributed by atoms with Crippen molar-refractivity contribution in [3.05, 3.63) is 53.1 Å². The lowest BCUT2D eigenvalue weighted by Gasteiger charge is -2.55. The Morgan fingerprint density at radius 3 is 2.43 bits per heavy atom. The fourth-order valence-corrected chi connectivity index (χ4v) is 9.50. The molecule has 5 fully saturated rings. The smallest absolute Gasteiger partial charge is 0.303 e. The first-order chi connectivity index (χ1) is 22.0. The molecule has 3 aromatic rings. The lowest BCUT2D eigenvalue weighted by Crippen LogP contribution is -2.68. The number of fused-ring (bicyclic) bond motifs is 9. The highest BCUT2D eigenvalue weighted by molar-refractivity contribution is 7.87. The molecular weight excluding hydrogens is 602 g/mol. The molecule has 4 aliphatic heterocycles. The topological polar surface area (TPSA) is 104 Å². The Balaban J connectivity index is 1.31. The summed E-state index contributed by atoms with van der Waals surface area (Å²) in [5.41, 5.74) is 5.31. The van der Waals surface area contributed by atoms with Crippen molar-refractivity contribution in [3.63, 3.8) is 0 Å². The summed E-state index contributed by atoms with van der Waals surface area (Å²) >= 11 is 0. The van der Waals surface area contributed by atoms with E-state index in [-0.39, 0.29) is 17.4 Å². The molecule has 5 heterocycles. The molecule has 2 amide bonds. The zero-order valence-electron chi connectivity index (χ0n) is 27.1. The molecule has 2 unspecified atom stereocenters. The molecular formula is C35H43N5O5S. The van der Waals surface area contributed by atoms with Gasteiger partial charge in [-0.25, -0.2) is 4.72 Å². The number of rotatable bonds is 6. The number of carbonyl (C=O) groups excluding carboxylic acids is 2. The van der Waals surface area contributed by atoms with Gasteiger partial charge in [0.1, 0.15) is 5.75 Å². The third-order valence-corrected chi connectivity index (χ3v) is 13.2. The molecule has 0 radical (unpaired) electrons. The van der Waals surface area contributed by atoms with Gasteiger partial charge in [0, 0.05) is 73.8 Å². The highest BCUT2D eigenvalue weighted by Gasteiger charge is 2.64. The Morgan fingerprint density at radius 2 is 1.76 bits per heavy atom. The molecule has 1 N–H and O–H groups in total. The number of likely N-dealkylation sites (N-methyl/N-ethyl adjacent to an activating group) is 1. The van der Waals surface area contributed by atoms with Crippen molar-refractivity contribution in [1.29, 1.82) is 0 Å². The van der Waals surface area contributed by atoms with Crippen LogP contribution in [0.5, 0.6) is 5.75 Å². The Labute approximate surface area is 270 Å². The van der Waals surface area contributed by atoms with E-state index >= 15 is 0 Å². The van der Waals surface area contributed by atoms with Gasteiger partial charge in [0.25, 0.3) is 5.91 Å². The fraction of sp³-hybridized carbons (Fsp3) is 0.543. The number of ether oxygens (including phenoxy) is 1. The number of nitrogens with zero attached hydrogens (tertiary/aromatic N) is 4. The predicted octanol–water partition coefficient (Wildman–Crippen LogP) is 4.30. The maximum Gasteiger partial charge on any atom is 0.303 e. The number of carbonyl (C=O) groups is 2. The van der Waals surface area contributed by atoms with E-state index in [1.807, 2.05) is 18.2 Å². The van der Waals surface area contributed by atoms with Crippen molar-refractivity contribution in [2.24, 2.45) is 5.41 Å². The molecule has 6 aliphatic rings. The van der Waals surface area contributed by atoms with E-state index in [9.17, 15) is 18.0 Å². The normalized spacial score (nSPS) is 27.3. The van der Waals surface area contributed by atoms with Crippen LogP contribution in [0.4, 0.5) is 0 Å². The number of hydrogen-bond donors (Lipinski definition) is 1. The maximum absolute atomic E-state index is 14.7. The minimum Gasteiger partial charge on any atom is -0.497 e. The van der Waals surface area contributed by atoms with Crippen molar-refractivity contribution in [2.75, 3.05) is 41.3 Å². The molecule has 2 saturated carbocycles. The van der Waals surface area contributed by atoms with Crippen LogP contribution in [0.1, 0.15) is 78.3 Å².